The molecule has 1 aliphatic carbocycles. The Labute approximate surface area is 150 Å². The Morgan fingerprint density at radius 1 is 1.12 bits per heavy atom. The van der Waals surface area contributed by atoms with Gasteiger partial charge in [-0.2, -0.15) is 0 Å². The lowest BCUT2D eigenvalue weighted by Crippen LogP contribution is -2.55. The van der Waals surface area contributed by atoms with Crippen molar-refractivity contribution in [3.63, 3.8) is 0 Å². The van der Waals surface area contributed by atoms with E-state index in [-0.39, 0.29) is 17.9 Å². The lowest BCUT2D eigenvalue weighted by molar-refractivity contribution is -0.134. The molecule has 2 amide bonds. The first-order valence-electron chi connectivity index (χ1n) is 9.40. The average Bonchev–Trinajstić information content (AvgIpc) is 3.44. The van der Waals surface area contributed by atoms with Gasteiger partial charge >= 0.3 is 0 Å². The topological polar surface area (TPSA) is 52.7 Å². The van der Waals surface area contributed by atoms with Gasteiger partial charge in [0.2, 0.25) is 11.8 Å². The Hall–Kier alpha value is -1.88. The second-order valence-electron chi connectivity index (χ2n) is 7.36. The van der Waals surface area contributed by atoms with Crippen molar-refractivity contribution in [2.75, 3.05) is 26.2 Å². The number of benzene rings is 1. The van der Waals surface area contributed by atoms with Crippen LogP contribution in [0.25, 0.3) is 0 Å². The summed E-state index contributed by atoms with van der Waals surface area (Å²) in [4.78, 5) is 28.7. The van der Waals surface area contributed by atoms with Gasteiger partial charge in [0.05, 0.1) is 6.04 Å². The molecule has 1 atom stereocenters. The van der Waals surface area contributed by atoms with E-state index < -0.39 is 0 Å². The number of carbonyl (C=O) groups is 2. The number of aryl methyl sites for hydroxylation is 2. The van der Waals surface area contributed by atoms with E-state index in [1.54, 1.807) is 0 Å². The maximum atomic E-state index is 12.4. The standard InChI is InChI=1S/C20H29N3O2/c1-15-3-5-17(6-4-15)7-10-19(24)23-13-11-22(12-14-23)16(2)20(25)21-18-8-9-18/h3-6,16,18H,7-14H2,1-2H3,(H,21,25). The molecule has 1 heterocycles. The van der Waals surface area contributed by atoms with Gasteiger partial charge in [0, 0.05) is 38.6 Å². The van der Waals surface area contributed by atoms with Crippen molar-refractivity contribution in [1.29, 1.82) is 0 Å². The molecule has 136 valence electrons. The van der Waals surface area contributed by atoms with Crippen molar-refractivity contribution < 1.29 is 9.59 Å². The van der Waals surface area contributed by atoms with Crippen molar-refractivity contribution in [2.45, 2.75) is 51.6 Å². The Balaban J connectivity index is 1.40. The quantitative estimate of drug-likeness (QED) is 0.856. The van der Waals surface area contributed by atoms with Gasteiger partial charge in [-0.15, -0.1) is 0 Å². The molecule has 25 heavy (non-hydrogen) atoms. The third kappa shape index (κ3) is 5.05. The molecular weight excluding hydrogens is 314 g/mol. The van der Waals surface area contributed by atoms with Crippen LogP contribution in [0.4, 0.5) is 0 Å². The van der Waals surface area contributed by atoms with E-state index in [0.29, 0.717) is 25.6 Å². The fraction of sp³-hybridized carbons (Fsp3) is 0.600. The van der Waals surface area contributed by atoms with Gasteiger partial charge in [-0.1, -0.05) is 29.8 Å². The van der Waals surface area contributed by atoms with Crippen LogP contribution in [0.5, 0.6) is 0 Å². The van der Waals surface area contributed by atoms with Gasteiger partial charge in [-0.05, 0) is 38.7 Å². The summed E-state index contributed by atoms with van der Waals surface area (Å²) in [5.74, 6) is 0.344. The molecule has 3 rings (SSSR count). The van der Waals surface area contributed by atoms with Gasteiger partial charge in [0.1, 0.15) is 0 Å². The molecule has 1 aliphatic heterocycles. The zero-order valence-corrected chi connectivity index (χ0v) is 15.3. The normalized spacial score (nSPS) is 19.5. The minimum atomic E-state index is -0.106. The molecule has 2 aliphatic rings. The highest BCUT2D eigenvalue weighted by Gasteiger charge is 2.30. The summed E-state index contributed by atoms with van der Waals surface area (Å²) in [6, 6.07) is 8.67. The number of piperazine rings is 1. The monoisotopic (exact) mass is 343 g/mol. The highest BCUT2D eigenvalue weighted by molar-refractivity contribution is 5.82. The van der Waals surface area contributed by atoms with Crippen LogP contribution in [0.1, 0.15) is 37.3 Å². The molecule has 1 N–H and O–H groups in total. The van der Waals surface area contributed by atoms with Crippen molar-refractivity contribution in [3.8, 4) is 0 Å². The van der Waals surface area contributed by atoms with E-state index in [2.05, 4.69) is 41.4 Å². The SMILES string of the molecule is Cc1ccc(CCC(=O)N2CCN(C(C)C(=O)NC3CC3)CC2)cc1. The summed E-state index contributed by atoms with van der Waals surface area (Å²) in [6.45, 7) is 7.01. The molecule has 0 aromatic heterocycles. The van der Waals surface area contributed by atoms with Crippen LogP contribution in [-0.2, 0) is 16.0 Å². The maximum Gasteiger partial charge on any atom is 0.237 e. The molecule has 2 fully saturated rings. The predicted molar refractivity (Wildman–Crippen MR) is 98.3 cm³/mol. The second-order valence-corrected chi connectivity index (χ2v) is 7.36. The van der Waals surface area contributed by atoms with Gasteiger partial charge in [-0.25, -0.2) is 0 Å². The molecule has 1 aromatic carbocycles. The highest BCUT2D eigenvalue weighted by Crippen LogP contribution is 2.19. The van der Waals surface area contributed by atoms with E-state index in [1.165, 1.54) is 11.1 Å². The molecular formula is C20H29N3O2. The van der Waals surface area contributed by atoms with Crippen LogP contribution < -0.4 is 5.32 Å². The number of hydrogen-bond acceptors (Lipinski definition) is 3. The number of nitrogens with one attached hydrogen (secondary N) is 1. The molecule has 1 aromatic rings. The van der Waals surface area contributed by atoms with Gasteiger partial charge in [0.15, 0.2) is 0 Å². The molecule has 0 radical (unpaired) electrons. The molecule has 1 unspecified atom stereocenters. The van der Waals surface area contributed by atoms with Crippen molar-refractivity contribution in [1.82, 2.24) is 15.1 Å². The summed E-state index contributed by atoms with van der Waals surface area (Å²) in [5, 5.41) is 3.07. The Morgan fingerprint density at radius 2 is 1.76 bits per heavy atom. The van der Waals surface area contributed by atoms with Crippen molar-refractivity contribution in [2.24, 2.45) is 0 Å². The van der Waals surface area contributed by atoms with Crippen LogP contribution in [0.2, 0.25) is 0 Å². The first-order valence-corrected chi connectivity index (χ1v) is 9.40. The minimum absolute atomic E-state index is 0.106. The number of rotatable bonds is 6. The highest BCUT2D eigenvalue weighted by atomic mass is 16.2. The van der Waals surface area contributed by atoms with Gasteiger partial charge in [-0.3, -0.25) is 14.5 Å². The largest absolute Gasteiger partial charge is 0.352 e. The zero-order chi connectivity index (χ0) is 17.8. The van der Waals surface area contributed by atoms with E-state index in [1.807, 2.05) is 11.8 Å². The second kappa shape index (κ2) is 8.00. The lowest BCUT2D eigenvalue weighted by Gasteiger charge is -2.37. The summed E-state index contributed by atoms with van der Waals surface area (Å²) in [6.07, 6.45) is 3.57. The molecule has 1 saturated carbocycles. The zero-order valence-electron chi connectivity index (χ0n) is 15.3. The third-order valence-electron chi connectivity index (χ3n) is 5.27. The Morgan fingerprint density at radius 3 is 2.36 bits per heavy atom. The van der Waals surface area contributed by atoms with Crippen LogP contribution in [0.15, 0.2) is 24.3 Å². The number of amides is 2. The summed E-state index contributed by atoms with van der Waals surface area (Å²) >= 11 is 0. The Kier molecular flexibility index (Phi) is 5.74. The average molecular weight is 343 g/mol. The van der Waals surface area contributed by atoms with Gasteiger partial charge in [0.25, 0.3) is 0 Å². The van der Waals surface area contributed by atoms with Crippen molar-refractivity contribution in [3.05, 3.63) is 35.4 Å². The minimum Gasteiger partial charge on any atom is -0.352 e. The smallest absolute Gasteiger partial charge is 0.237 e. The van der Waals surface area contributed by atoms with E-state index in [4.69, 9.17) is 0 Å². The van der Waals surface area contributed by atoms with Gasteiger partial charge < -0.3 is 10.2 Å². The molecule has 5 nitrogen and oxygen atoms in total. The van der Waals surface area contributed by atoms with E-state index >= 15 is 0 Å². The van der Waals surface area contributed by atoms with Crippen LogP contribution in [0.3, 0.4) is 0 Å². The van der Waals surface area contributed by atoms with E-state index in [9.17, 15) is 9.59 Å². The third-order valence-corrected chi connectivity index (χ3v) is 5.27. The van der Waals surface area contributed by atoms with E-state index in [0.717, 1.165) is 32.4 Å². The number of hydrogen-bond donors (Lipinski definition) is 1. The molecule has 5 heteroatoms. The summed E-state index contributed by atoms with van der Waals surface area (Å²) in [7, 11) is 0. The van der Waals surface area contributed by atoms with Crippen LogP contribution >= 0.6 is 0 Å². The predicted octanol–water partition coefficient (Wildman–Crippen LogP) is 1.74. The fourth-order valence-corrected chi connectivity index (χ4v) is 3.24. The lowest BCUT2D eigenvalue weighted by atomic mass is 10.1. The van der Waals surface area contributed by atoms with Crippen molar-refractivity contribution >= 4 is 11.8 Å². The fourth-order valence-electron chi connectivity index (χ4n) is 3.24. The number of nitrogens with zero attached hydrogens (tertiary/aromatic N) is 2. The molecule has 0 spiro atoms. The molecule has 0 bridgehead atoms. The first kappa shape index (κ1) is 17.9. The summed E-state index contributed by atoms with van der Waals surface area (Å²) < 4.78 is 0. The molecule has 1 saturated heterocycles. The van der Waals surface area contributed by atoms with Crippen LogP contribution in [0, 0.1) is 6.92 Å². The summed E-state index contributed by atoms with van der Waals surface area (Å²) in [5.41, 5.74) is 2.45. The number of carbonyl (C=O) groups excluding carboxylic acids is 2. The van der Waals surface area contributed by atoms with Crippen LogP contribution in [-0.4, -0.2) is 59.9 Å². The maximum absolute atomic E-state index is 12.4. The first-order chi connectivity index (χ1) is 12.0. The Bertz CT molecular complexity index is 602.